The molecule has 0 aromatic rings. The monoisotopic (exact) mass is 264 g/mol. The van der Waals surface area contributed by atoms with E-state index >= 15 is 0 Å². The summed E-state index contributed by atoms with van der Waals surface area (Å²) < 4.78 is 27.5. The molecule has 1 unspecified atom stereocenters. The maximum absolute atomic E-state index is 11.9. The first-order chi connectivity index (χ1) is 7.97. The van der Waals surface area contributed by atoms with Crippen molar-refractivity contribution < 1.29 is 13.2 Å². The van der Waals surface area contributed by atoms with Crippen molar-refractivity contribution in [1.82, 2.24) is 19.7 Å². The molecule has 0 spiro atoms. The van der Waals surface area contributed by atoms with Gasteiger partial charge in [0.2, 0.25) is 5.91 Å². The summed E-state index contributed by atoms with van der Waals surface area (Å²) in [7, 11) is -3.56. The average molecular weight is 264 g/mol. The number of carbonyl (C=O) groups excluding carboxylic acids is 1. The summed E-state index contributed by atoms with van der Waals surface area (Å²) in [5, 5.41) is 5.64. The predicted octanol–water partition coefficient (Wildman–Crippen LogP) is -1.75. The van der Waals surface area contributed by atoms with Crippen molar-refractivity contribution in [2.75, 3.05) is 32.7 Å². The number of rotatable bonds is 5. The minimum Gasteiger partial charge on any atom is -0.355 e. The number of carbonyl (C=O) groups is 1. The zero-order valence-electron chi connectivity index (χ0n) is 10.2. The molecule has 8 heteroatoms. The summed E-state index contributed by atoms with van der Waals surface area (Å²) in [6.45, 7) is 5.93. The fourth-order valence-electron chi connectivity index (χ4n) is 1.56. The second kappa shape index (κ2) is 6.29. The van der Waals surface area contributed by atoms with E-state index in [1.165, 1.54) is 11.2 Å². The lowest BCUT2D eigenvalue weighted by Crippen LogP contribution is -2.54. The normalized spacial score (nSPS) is 19.9. The Morgan fingerprint density at radius 1 is 1.41 bits per heavy atom. The van der Waals surface area contributed by atoms with E-state index in [4.69, 9.17) is 0 Å². The van der Waals surface area contributed by atoms with E-state index in [0.29, 0.717) is 32.7 Å². The topological polar surface area (TPSA) is 90.5 Å². The van der Waals surface area contributed by atoms with E-state index in [0.717, 1.165) is 0 Å². The Kier molecular flexibility index (Phi) is 5.31. The molecule has 1 aliphatic rings. The largest absolute Gasteiger partial charge is 0.355 e. The molecule has 1 fully saturated rings. The quantitative estimate of drug-likeness (QED) is 0.549. The molecule has 0 saturated carbocycles. The van der Waals surface area contributed by atoms with Crippen LogP contribution < -0.4 is 15.4 Å². The number of hydrogen-bond donors (Lipinski definition) is 3. The zero-order valence-corrected chi connectivity index (χ0v) is 11.0. The van der Waals surface area contributed by atoms with Crippen LogP contribution in [0.15, 0.2) is 0 Å². The molecule has 0 bridgehead atoms. The van der Waals surface area contributed by atoms with Gasteiger partial charge in [0.1, 0.15) is 0 Å². The minimum atomic E-state index is -3.56. The lowest BCUT2D eigenvalue weighted by molar-refractivity contribution is -0.122. The van der Waals surface area contributed by atoms with Crippen LogP contribution in [0, 0.1) is 0 Å². The first-order valence-electron chi connectivity index (χ1n) is 5.73. The van der Waals surface area contributed by atoms with Gasteiger partial charge in [-0.2, -0.15) is 17.4 Å². The van der Waals surface area contributed by atoms with Gasteiger partial charge in [-0.15, -0.1) is 0 Å². The van der Waals surface area contributed by atoms with Crippen molar-refractivity contribution >= 4 is 16.1 Å². The molecular formula is C9H20N4O3S. The fraction of sp³-hybridized carbons (Fsp3) is 0.889. The molecule has 1 saturated heterocycles. The van der Waals surface area contributed by atoms with Gasteiger partial charge in [-0.05, 0) is 13.8 Å². The third-order valence-electron chi connectivity index (χ3n) is 2.49. The Bertz CT molecular complexity index is 351. The number of amides is 1. The number of piperazine rings is 1. The average Bonchev–Trinajstić information content (AvgIpc) is 2.30. The van der Waals surface area contributed by atoms with Gasteiger partial charge >= 0.3 is 0 Å². The molecule has 1 aliphatic heterocycles. The van der Waals surface area contributed by atoms with E-state index < -0.39 is 16.3 Å². The molecular weight excluding hydrogens is 244 g/mol. The van der Waals surface area contributed by atoms with Gasteiger partial charge in [-0.1, -0.05) is 0 Å². The summed E-state index contributed by atoms with van der Waals surface area (Å²) in [5.41, 5.74) is 0. The summed E-state index contributed by atoms with van der Waals surface area (Å²) in [5.74, 6) is -0.314. The molecule has 1 heterocycles. The van der Waals surface area contributed by atoms with Crippen LogP contribution in [0.1, 0.15) is 13.8 Å². The summed E-state index contributed by atoms with van der Waals surface area (Å²) >= 11 is 0. The van der Waals surface area contributed by atoms with Gasteiger partial charge < -0.3 is 10.6 Å². The van der Waals surface area contributed by atoms with Crippen LogP contribution in [-0.4, -0.2) is 57.4 Å². The van der Waals surface area contributed by atoms with E-state index in [-0.39, 0.29) is 5.91 Å². The molecule has 0 aromatic carbocycles. The van der Waals surface area contributed by atoms with Crippen LogP contribution in [0.25, 0.3) is 0 Å². The highest BCUT2D eigenvalue weighted by Gasteiger charge is 2.27. The zero-order chi connectivity index (χ0) is 12.9. The van der Waals surface area contributed by atoms with Gasteiger partial charge in [0, 0.05) is 32.7 Å². The van der Waals surface area contributed by atoms with E-state index in [1.54, 1.807) is 6.92 Å². The van der Waals surface area contributed by atoms with Crippen molar-refractivity contribution in [2.45, 2.75) is 19.9 Å². The fourth-order valence-corrected chi connectivity index (χ4v) is 2.93. The van der Waals surface area contributed by atoms with Gasteiger partial charge in [-0.25, -0.2) is 0 Å². The number of likely N-dealkylation sites (N-methyl/N-ethyl adjacent to an activating group) is 1. The predicted molar refractivity (Wildman–Crippen MR) is 64.6 cm³/mol. The van der Waals surface area contributed by atoms with Crippen LogP contribution in [0.4, 0.5) is 0 Å². The van der Waals surface area contributed by atoms with Crippen molar-refractivity contribution in [1.29, 1.82) is 0 Å². The number of nitrogens with one attached hydrogen (secondary N) is 3. The molecule has 1 rings (SSSR count). The summed E-state index contributed by atoms with van der Waals surface area (Å²) in [6.07, 6.45) is 0. The Hall–Kier alpha value is -0.700. The molecule has 0 radical (unpaired) electrons. The highest BCUT2D eigenvalue weighted by Crippen LogP contribution is 2.01. The minimum absolute atomic E-state index is 0.314. The molecule has 7 nitrogen and oxygen atoms in total. The van der Waals surface area contributed by atoms with Crippen LogP contribution in [-0.2, 0) is 15.0 Å². The highest BCUT2D eigenvalue weighted by molar-refractivity contribution is 7.87. The molecule has 17 heavy (non-hydrogen) atoms. The van der Waals surface area contributed by atoms with E-state index in [1.807, 2.05) is 0 Å². The SMILES string of the molecule is CCNC(=O)C(C)NS(=O)(=O)N1CCNCC1. The Labute approximate surface area is 102 Å². The van der Waals surface area contributed by atoms with Gasteiger partial charge in [0.15, 0.2) is 0 Å². The Morgan fingerprint density at radius 3 is 2.53 bits per heavy atom. The molecule has 100 valence electrons. The molecule has 1 amide bonds. The number of hydrogen-bond acceptors (Lipinski definition) is 4. The molecule has 3 N–H and O–H groups in total. The van der Waals surface area contributed by atoms with Crippen molar-refractivity contribution in [2.24, 2.45) is 0 Å². The lowest BCUT2D eigenvalue weighted by Gasteiger charge is -2.27. The smallest absolute Gasteiger partial charge is 0.280 e. The van der Waals surface area contributed by atoms with Crippen LogP contribution in [0.2, 0.25) is 0 Å². The van der Waals surface area contributed by atoms with Crippen LogP contribution >= 0.6 is 0 Å². The highest BCUT2D eigenvalue weighted by atomic mass is 32.2. The second-order valence-corrected chi connectivity index (χ2v) is 5.59. The maximum atomic E-state index is 11.9. The lowest BCUT2D eigenvalue weighted by atomic mass is 10.3. The Balaban J connectivity index is 2.56. The molecule has 0 aliphatic carbocycles. The number of nitrogens with zero attached hydrogens (tertiary/aromatic N) is 1. The van der Waals surface area contributed by atoms with Crippen LogP contribution in [0.3, 0.4) is 0 Å². The van der Waals surface area contributed by atoms with Gasteiger partial charge in [0.25, 0.3) is 10.2 Å². The van der Waals surface area contributed by atoms with Gasteiger partial charge in [0.05, 0.1) is 6.04 Å². The van der Waals surface area contributed by atoms with E-state index in [9.17, 15) is 13.2 Å². The third kappa shape index (κ3) is 4.23. The van der Waals surface area contributed by atoms with E-state index in [2.05, 4.69) is 15.4 Å². The first kappa shape index (κ1) is 14.4. The van der Waals surface area contributed by atoms with Crippen molar-refractivity contribution in [3.8, 4) is 0 Å². The summed E-state index contributed by atoms with van der Waals surface area (Å²) in [6, 6.07) is -0.755. The van der Waals surface area contributed by atoms with Crippen molar-refractivity contribution in [3.05, 3.63) is 0 Å². The summed E-state index contributed by atoms with van der Waals surface area (Å²) in [4.78, 5) is 11.4. The maximum Gasteiger partial charge on any atom is 0.280 e. The first-order valence-corrected chi connectivity index (χ1v) is 7.17. The van der Waals surface area contributed by atoms with Crippen molar-refractivity contribution in [3.63, 3.8) is 0 Å². The second-order valence-electron chi connectivity index (χ2n) is 3.89. The Morgan fingerprint density at radius 2 is 2.00 bits per heavy atom. The third-order valence-corrected chi connectivity index (χ3v) is 4.18. The van der Waals surface area contributed by atoms with Gasteiger partial charge in [-0.3, -0.25) is 4.79 Å². The van der Waals surface area contributed by atoms with Crippen LogP contribution in [0.5, 0.6) is 0 Å². The molecule has 1 atom stereocenters. The molecule has 0 aromatic heterocycles. The standard InChI is InChI=1S/C9H20N4O3S/c1-3-11-9(14)8(2)12-17(15,16)13-6-4-10-5-7-13/h8,10,12H,3-7H2,1-2H3,(H,11,14).